The van der Waals surface area contributed by atoms with Gasteiger partial charge in [-0.1, -0.05) is 16.9 Å². The van der Waals surface area contributed by atoms with Crippen LogP contribution in [0.25, 0.3) is 0 Å². The Balaban J connectivity index is 1.54. The third kappa shape index (κ3) is 5.32. The Kier molecular flexibility index (Phi) is 6.68. The summed E-state index contributed by atoms with van der Waals surface area (Å²) in [5.74, 6) is 1.31. The number of nitrogens with zero attached hydrogens (tertiary/aromatic N) is 2. The van der Waals surface area contributed by atoms with Crippen LogP contribution in [-0.2, 0) is 10.5 Å². The fraction of sp³-hybridized carbons (Fsp3) is 0.526. The van der Waals surface area contributed by atoms with Crippen LogP contribution in [0.1, 0.15) is 54.4 Å². The Morgan fingerprint density at radius 2 is 2.38 bits per heavy atom. The molecule has 0 radical (unpaired) electrons. The summed E-state index contributed by atoms with van der Waals surface area (Å²) in [7, 11) is 0. The number of rotatable bonds is 8. The Labute approximate surface area is 158 Å². The van der Waals surface area contributed by atoms with Gasteiger partial charge in [0.1, 0.15) is 10.8 Å². The molecule has 1 N–H and O–H groups in total. The van der Waals surface area contributed by atoms with Crippen molar-refractivity contribution in [2.75, 3.05) is 6.61 Å². The van der Waals surface area contributed by atoms with Gasteiger partial charge in [0.25, 0.3) is 5.91 Å². The van der Waals surface area contributed by atoms with Gasteiger partial charge >= 0.3 is 0 Å². The molecular formula is C19H25N3O3S. The lowest BCUT2D eigenvalue weighted by Gasteiger charge is -2.17. The zero-order valence-corrected chi connectivity index (χ0v) is 16.1. The number of hydrogen-bond acceptors (Lipinski definition) is 6. The van der Waals surface area contributed by atoms with Gasteiger partial charge in [0.2, 0.25) is 0 Å². The molecule has 1 fully saturated rings. The minimum Gasteiger partial charge on any atom is -0.378 e. The first kappa shape index (κ1) is 18.9. The molecule has 0 aliphatic carbocycles. The molecule has 140 valence electrons. The van der Waals surface area contributed by atoms with Gasteiger partial charge < -0.3 is 14.6 Å². The molecule has 3 heterocycles. The molecule has 0 aromatic carbocycles. The molecule has 1 aliphatic rings. The van der Waals surface area contributed by atoms with Crippen molar-refractivity contribution in [1.82, 2.24) is 15.5 Å². The molecule has 0 saturated carbocycles. The molecule has 6 nitrogen and oxygen atoms in total. The van der Waals surface area contributed by atoms with Crippen LogP contribution in [0.2, 0.25) is 0 Å². The van der Waals surface area contributed by atoms with E-state index in [1.54, 1.807) is 12.3 Å². The molecule has 26 heavy (non-hydrogen) atoms. The summed E-state index contributed by atoms with van der Waals surface area (Å²) in [5.41, 5.74) is 1.44. The number of ether oxygens (including phenoxy) is 1. The van der Waals surface area contributed by atoms with Gasteiger partial charge in [-0.3, -0.25) is 4.79 Å². The first-order valence-electron chi connectivity index (χ1n) is 9.04. The summed E-state index contributed by atoms with van der Waals surface area (Å²) in [6.45, 7) is 4.76. The van der Waals surface area contributed by atoms with E-state index < -0.39 is 0 Å². The number of amides is 1. The summed E-state index contributed by atoms with van der Waals surface area (Å²) in [5, 5.41) is 7.77. The van der Waals surface area contributed by atoms with Crippen molar-refractivity contribution in [2.45, 2.75) is 62.5 Å². The summed E-state index contributed by atoms with van der Waals surface area (Å²) in [6, 6.07) is 5.59. The molecule has 2 atom stereocenters. The summed E-state index contributed by atoms with van der Waals surface area (Å²) >= 11 is 1.49. The van der Waals surface area contributed by atoms with Crippen molar-refractivity contribution < 1.29 is 14.1 Å². The topological polar surface area (TPSA) is 77.2 Å². The number of nitrogens with one attached hydrogen (secondary N) is 1. The van der Waals surface area contributed by atoms with E-state index in [0.29, 0.717) is 22.4 Å². The SMILES string of the molecule is Cc1cc(CSc2ncccc2C(=O)N[C@@H](C)CC[C@H]2CCCO2)no1. The summed E-state index contributed by atoms with van der Waals surface area (Å²) in [6.07, 6.45) is 6.23. The number of hydrogen-bond donors (Lipinski definition) is 1. The van der Waals surface area contributed by atoms with Crippen molar-refractivity contribution in [3.05, 3.63) is 41.4 Å². The molecule has 2 aromatic heterocycles. The minimum absolute atomic E-state index is 0.0863. The first-order valence-corrected chi connectivity index (χ1v) is 10.0. The summed E-state index contributed by atoms with van der Waals surface area (Å²) in [4.78, 5) is 17.0. The minimum atomic E-state index is -0.0863. The molecule has 7 heteroatoms. The summed E-state index contributed by atoms with van der Waals surface area (Å²) < 4.78 is 10.7. The number of pyridine rings is 1. The van der Waals surface area contributed by atoms with Crippen molar-refractivity contribution in [3.8, 4) is 0 Å². The molecule has 1 amide bonds. The maximum atomic E-state index is 12.7. The van der Waals surface area contributed by atoms with Crippen LogP contribution in [0.5, 0.6) is 0 Å². The second-order valence-electron chi connectivity index (χ2n) is 6.66. The van der Waals surface area contributed by atoms with Crippen LogP contribution < -0.4 is 5.32 Å². The number of carbonyl (C=O) groups excluding carboxylic acids is 1. The van der Waals surface area contributed by atoms with Crippen LogP contribution in [-0.4, -0.2) is 34.8 Å². The van der Waals surface area contributed by atoms with E-state index in [1.165, 1.54) is 11.8 Å². The van der Waals surface area contributed by atoms with Crippen molar-refractivity contribution in [1.29, 1.82) is 0 Å². The van der Waals surface area contributed by atoms with Gasteiger partial charge in [-0.2, -0.15) is 0 Å². The van der Waals surface area contributed by atoms with Crippen molar-refractivity contribution in [2.24, 2.45) is 0 Å². The van der Waals surface area contributed by atoms with E-state index in [-0.39, 0.29) is 11.9 Å². The Morgan fingerprint density at radius 3 is 3.12 bits per heavy atom. The maximum absolute atomic E-state index is 12.7. The highest BCUT2D eigenvalue weighted by Gasteiger charge is 2.19. The molecular weight excluding hydrogens is 350 g/mol. The molecule has 0 spiro atoms. The lowest BCUT2D eigenvalue weighted by molar-refractivity contribution is 0.0896. The standard InChI is InChI=1S/C19H25N3O3S/c1-13(7-8-16-5-4-10-24-16)21-18(23)17-6-3-9-20-19(17)26-12-15-11-14(2)25-22-15/h3,6,9,11,13,16H,4-5,7-8,10,12H2,1-2H3,(H,21,23)/t13-,16+/m0/s1. The van der Waals surface area contributed by atoms with E-state index in [9.17, 15) is 4.79 Å². The molecule has 1 saturated heterocycles. The predicted molar refractivity (Wildman–Crippen MR) is 100 cm³/mol. The number of thioether (sulfide) groups is 1. The third-order valence-corrected chi connectivity index (χ3v) is 5.41. The van der Waals surface area contributed by atoms with Crippen LogP contribution in [0.4, 0.5) is 0 Å². The number of aromatic nitrogens is 2. The van der Waals surface area contributed by atoms with Crippen molar-refractivity contribution in [3.63, 3.8) is 0 Å². The fourth-order valence-corrected chi connectivity index (χ4v) is 3.86. The van der Waals surface area contributed by atoms with Gasteiger partial charge in [-0.05, 0) is 51.7 Å². The normalized spacial score (nSPS) is 18.0. The number of carbonyl (C=O) groups is 1. The second-order valence-corrected chi connectivity index (χ2v) is 7.62. The van der Waals surface area contributed by atoms with E-state index in [2.05, 4.69) is 15.5 Å². The zero-order chi connectivity index (χ0) is 18.4. The lowest BCUT2D eigenvalue weighted by Crippen LogP contribution is -2.33. The monoisotopic (exact) mass is 375 g/mol. The zero-order valence-electron chi connectivity index (χ0n) is 15.2. The second kappa shape index (κ2) is 9.19. The lowest BCUT2D eigenvalue weighted by atomic mass is 10.1. The van der Waals surface area contributed by atoms with E-state index in [4.69, 9.17) is 9.26 Å². The smallest absolute Gasteiger partial charge is 0.254 e. The predicted octanol–water partition coefficient (Wildman–Crippen LogP) is 3.75. The van der Waals surface area contributed by atoms with Crippen molar-refractivity contribution >= 4 is 17.7 Å². The molecule has 0 bridgehead atoms. The Morgan fingerprint density at radius 1 is 1.50 bits per heavy atom. The van der Waals surface area contributed by atoms with Gasteiger partial charge in [0, 0.05) is 30.7 Å². The van der Waals surface area contributed by atoms with Gasteiger partial charge in [0.05, 0.1) is 17.4 Å². The van der Waals surface area contributed by atoms with E-state index in [0.717, 1.165) is 43.7 Å². The van der Waals surface area contributed by atoms with Crippen LogP contribution in [0.15, 0.2) is 33.9 Å². The van der Waals surface area contributed by atoms with Gasteiger partial charge in [-0.15, -0.1) is 0 Å². The van der Waals surface area contributed by atoms with Gasteiger partial charge in [0.15, 0.2) is 0 Å². The number of aryl methyl sites for hydroxylation is 1. The van der Waals surface area contributed by atoms with Gasteiger partial charge in [-0.25, -0.2) is 4.98 Å². The fourth-order valence-electron chi connectivity index (χ4n) is 2.99. The highest BCUT2D eigenvalue weighted by molar-refractivity contribution is 7.98. The van der Waals surface area contributed by atoms with E-state index in [1.807, 2.05) is 26.0 Å². The third-order valence-electron chi connectivity index (χ3n) is 4.37. The maximum Gasteiger partial charge on any atom is 0.254 e. The highest BCUT2D eigenvalue weighted by Crippen LogP contribution is 2.24. The Bertz CT molecular complexity index is 728. The molecule has 3 rings (SSSR count). The van der Waals surface area contributed by atoms with Crippen LogP contribution in [0, 0.1) is 6.92 Å². The first-order chi connectivity index (χ1) is 12.6. The average molecular weight is 375 g/mol. The van der Waals surface area contributed by atoms with Crippen LogP contribution in [0.3, 0.4) is 0 Å². The molecule has 0 unspecified atom stereocenters. The molecule has 1 aliphatic heterocycles. The Hall–Kier alpha value is -1.86. The largest absolute Gasteiger partial charge is 0.378 e. The van der Waals surface area contributed by atoms with E-state index >= 15 is 0 Å². The molecule has 2 aromatic rings. The quantitative estimate of drug-likeness (QED) is 0.708. The highest BCUT2D eigenvalue weighted by atomic mass is 32.2. The average Bonchev–Trinajstić information content (AvgIpc) is 3.30. The van der Waals surface area contributed by atoms with Crippen LogP contribution >= 0.6 is 11.8 Å².